The first-order valence-electron chi connectivity index (χ1n) is 9.62. The van der Waals surface area contributed by atoms with Gasteiger partial charge in [-0.15, -0.1) is 0 Å². The number of rotatable bonds is 6. The van der Waals surface area contributed by atoms with Gasteiger partial charge in [0.15, 0.2) is 12.4 Å². The van der Waals surface area contributed by atoms with Crippen LogP contribution in [0.15, 0.2) is 57.9 Å². The molecule has 0 aliphatic carbocycles. The van der Waals surface area contributed by atoms with E-state index < -0.39 is 0 Å². The predicted octanol–water partition coefficient (Wildman–Crippen LogP) is 3.16. The highest BCUT2D eigenvalue weighted by molar-refractivity contribution is 5.91. The molecule has 31 heavy (non-hydrogen) atoms. The van der Waals surface area contributed by atoms with Crippen LogP contribution in [-0.2, 0) is 4.79 Å². The Labute approximate surface area is 177 Å². The van der Waals surface area contributed by atoms with Gasteiger partial charge in [-0.2, -0.15) is 9.78 Å². The molecule has 0 spiro atoms. The highest BCUT2D eigenvalue weighted by atomic mass is 16.5. The SMILES string of the molecule is Cc1cccc(OCC(=O)Nc2cc(-c3ccco3)nn2-c2nc(C)c(C)c(=O)[nH]2)c1. The fourth-order valence-electron chi connectivity index (χ4n) is 2.94. The van der Waals surface area contributed by atoms with Crippen molar-refractivity contribution in [2.24, 2.45) is 0 Å². The number of aromatic amines is 1. The van der Waals surface area contributed by atoms with E-state index in [1.54, 1.807) is 38.1 Å². The van der Waals surface area contributed by atoms with Gasteiger partial charge >= 0.3 is 0 Å². The number of benzene rings is 1. The number of amides is 1. The second-order valence-electron chi connectivity index (χ2n) is 7.06. The summed E-state index contributed by atoms with van der Waals surface area (Å²) in [6.07, 6.45) is 1.53. The van der Waals surface area contributed by atoms with Crippen LogP contribution in [-0.4, -0.2) is 32.3 Å². The summed E-state index contributed by atoms with van der Waals surface area (Å²) in [6.45, 7) is 5.17. The van der Waals surface area contributed by atoms with E-state index in [0.29, 0.717) is 34.3 Å². The molecule has 1 amide bonds. The molecule has 0 fully saturated rings. The Bertz CT molecular complexity index is 1290. The third-order valence-electron chi connectivity index (χ3n) is 4.69. The fraction of sp³-hybridized carbons (Fsp3) is 0.182. The molecule has 1 aromatic carbocycles. The topological polar surface area (TPSA) is 115 Å². The van der Waals surface area contributed by atoms with E-state index in [1.165, 1.54) is 10.9 Å². The zero-order valence-electron chi connectivity index (χ0n) is 17.3. The molecule has 0 unspecified atom stereocenters. The van der Waals surface area contributed by atoms with Gasteiger partial charge in [-0.3, -0.25) is 14.6 Å². The molecule has 3 heterocycles. The number of aryl methyl sites for hydroxylation is 2. The fourth-order valence-corrected chi connectivity index (χ4v) is 2.94. The van der Waals surface area contributed by atoms with E-state index in [2.05, 4.69) is 20.4 Å². The van der Waals surface area contributed by atoms with Crippen molar-refractivity contribution in [3.05, 3.63) is 75.9 Å². The van der Waals surface area contributed by atoms with Gasteiger partial charge in [-0.1, -0.05) is 12.1 Å². The summed E-state index contributed by atoms with van der Waals surface area (Å²) in [5.41, 5.74) is 2.30. The second-order valence-corrected chi connectivity index (χ2v) is 7.06. The maximum Gasteiger partial charge on any atom is 0.263 e. The zero-order chi connectivity index (χ0) is 22.0. The van der Waals surface area contributed by atoms with Crippen LogP contribution < -0.4 is 15.6 Å². The molecule has 2 N–H and O–H groups in total. The number of carbonyl (C=O) groups is 1. The molecule has 158 valence electrons. The normalized spacial score (nSPS) is 10.8. The molecular formula is C22H21N5O4. The smallest absolute Gasteiger partial charge is 0.263 e. The molecule has 9 heteroatoms. The van der Waals surface area contributed by atoms with Gasteiger partial charge in [-0.05, 0) is 50.6 Å². The average molecular weight is 419 g/mol. The van der Waals surface area contributed by atoms with Crippen LogP contribution >= 0.6 is 0 Å². The number of H-pyrrole nitrogens is 1. The maximum atomic E-state index is 12.5. The highest BCUT2D eigenvalue weighted by Gasteiger charge is 2.18. The average Bonchev–Trinajstić information content (AvgIpc) is 3.40. The minimum absolute atomic E-state index is 0.181. The molecule has 0 saturated heterocycles. The van der Waals surface area contributed by atoms with Gasteiger partial charge in [0.05, 0.1) is 6.26 Å². The Balaban J connectivity index is 1.63. The number of carbonyl (C=O) groups excluding carboxylic acids is 1. The second kappa shape index (κ2) is 8.31. The standard InChI is InChI=1S/C22H21N5O4/c1-13-6-4-7-16(10-13)31-12-20(28)24-19-11-17(18-8-5-9-30-18)26-27(19)22-23-15(3)14(2)21(29)25-22/h4-11H,12H2,1-3H3,(H,24,28)(H,23,25,29). The number of hydrogen-bond donors (Lipinski definition) is 2. The molecule has 4 rings (SSSR count). The van der Waals surface area contributed by atoms with Crippen molar-refractivity contribution in [1.82, 2.24) is 19.7 Å². The van der Waals surface area contributed by atoms with Crippen LogP contribution in [0.25, 0.3) is 17.4 Å². The number of ether oxygens (including phenoxy) is 1. The van der Waals surface area contributed by atoms with Gasteiger partial charge in [0.2, 0.25) is 5.95 Å². The van der Waals surface area contributed by atoms with Crippen LogP contribution in [0, 0.1) is 20.8 Å². The molecule has 4 aromatic rings. The minimum atomic E-state index is -0.389. The molecule has 3 aromatic heterocycles. The van der Waals surface area contributed by atoms with Gasteiger partial charge in [-0.25, -0.2) is 4.98 Å². The minimum Gasteiger partial charge on any atom is -0.484 e. The third kappa shape index (κ3) is 4.40. The van der Waals surface area contributed by atoms with Crippen molar-refractivity contribution in [3.63, 3.8) is 0 Å². The van der Waals surface area contributed by atoms with Gasteiger partial charge in [0, 0.05) is 17.3 Å². The van der Waals surface area contributed by atoms with Crippen molar-refractivity contribution in [3.8, 4) is 23.2 Å². The quantitative estimate of drug-likeness (QED) is 0.496. The van der Waals surface area contributed by atoms with Crippen molar-refractivity contribution >= 4 is 11.7 Å². The molecular weight excluding hydrogens is 398 g/mol. The van der Waals surface area contributed by atoms with Gasteiger partial charge in [0.25, 0.3) is 11.5 Å². The van der Waals surface area contributed by atoms with Gasteiger partial charge in [0.1, 0.15) is 17.3 Å². The van der Waals surface area contributed by atoms with Gasteiger partial charge < -0.3 is 14.5 Å². The lowest BCUT2D eigenvalue weighted by Crippen LogP contribution is -2.23. The number of anilines is 1. The summed E-state index contributed by atoms with van der Waals surface area (Å²) in [5, 5.41) is 7.22. The molecule has 9 nitrogen and oxygen atoms in total. The Morgan fingerprint density at radius 1 is 1.19 bits per heavy atom. The molecule has 0 aliphatic rings. The predicted molar refractivity (Wildman–Crippen MR) is 114 cm³/mol. The number of furan rings is 1. The summed E-state index contributed by atoms with van der Waals surface area (Å²) in [4.78, 5) is 31.9. The van der Waals surface area contributed by atoms with E-state index in [-0.39, 0.29) is 24.0 Å². The van der Waals surface area contributed by atoms with Crippen LogP contribution in [0.3, 0.4) is 0 Å². The maximum absolute atomic E-state index is 12.5. The van der Waals surface area contributed by atoms with E-state index in [9.17, 15) is 9.59 Å². The summed E-state index contributed by atoms with van der Waals surface area (Å²) in [7, 11) is 0. The van der Waals surface area contributed by atoms with Crippen molar-refractivity contribution in [2.45, 2.75) is 20.8 Å². The Morgan fingerprint density at radius 2 is 2.03 bits per heavy atom. The highest BCUT2D eigenvalue weighted by Crippen LogP contribution is 2.24. The Hall–Kier alpha value is -4.14. The first-order chi connectivity index (χ1) is 14.9. The number of nitrogens with one attached hydrogen (secondary N) is 2. The van der Waals surface area contributed by atoms with Crippen molar-refractivity contribution < 1.29 is 13.9 Å². The first-order valence-corrected chi connectivity index (χ1v) is 9.62. The molecule has 0 atom stereocenters. The van der Waals surface area contributed by atoms with Crippen molar-refractivity contribution in [2.75, 3.05) is 11.9 Å². The summed E-state index contributed by atoms with van der Waals surface area (Å²) >= 11 is 0. The summed E-state index contributed by atoms with van der Waals surface area (Å²) in [6, 6.07) is 12.5. The number of hydrogen-bond acceptors (Lipinski definition) is 6. The van der Waals surface area contributed by atoms with Crippen LogP contribution in [0.1, 0.15) is 16.8 Å². The Morgan fingerprint density at radius 3 is 2.74 bits per heavy atom. The van der Waals surface area contributed by atoms with Crippen LogP contribution in [0.2, 0.25) is 0 Å². The lowest BCUT2D eigenvalue weighted by atomic mass is 10.2. The summed E-state index contributed by atoms with van der Waals surface area (Å²) in [5.74, 6) is 1.22. The van der Waals surface area contributed by atoms with Crippen molar-refractivity contribution in [1.29, 1.82) is 0 Å². The molecule has 0 aliphatic heterocycles. The first kappa shape index (κ1) is 20.1. The number of nitrogens with zero attached hydrogens (tertiary/aromatic N) is 3. The molecule has 0 saturated carbocycles. The molecule has 0 radical (unpaired) electrons. The monoisotopic (exact) mass is 419 g/mol. The van der Waals surface area contributed by atoms with E-state index in [1.807, 2.05) is 25.1 Å². The van der Waals surface area contributed by atoms with E-state index in [4.69, 9.17) is 9.15 Å². The van der Waals surface area contributed by atoms with E-state index >= 15 is 0 Å². The Kier molecular flexibility index (Phi) is 5.40. The molecule has 0 bridgehead atoms. The van der Waals surface area contributed by atoms with Crippen LogP contribution in [0.5, 0.6) is 5.75 Å². The third-order valence-corrected chi connectivity index (χ3v) is 4.69. The summed E-state index contributed by atoms with van der Waals surface area (Å²) < 4.78 is 12.3. The lowest BCUT2D eigenvalue weighted by Gasteiger charge is -2.10. The zero-order valence-corrected chi connectivity index (χ0v) is 17.3. The largest absolute Gasteiger partial charge is 0.484 e. The van der Waals surface area contributed by atoms with Crippen LogP contribution in [0.4, 0.5) is 5.82 Å². The lowest BCUT2D eigenvalue weighted by molar-refractivity contribution is -0.118. The number of aromatic nitrogens is 4. The van der Waals surface area contributed by atoms with E-state index in [0.717, 1.165) is 5.56 Å².